The van der Waals surface area contributed by atoms with Crippen molar-refractivity contribution in [1.29, 1.82) is 0 Å². The lowest BCUT2D eigenvalue weighted by Gasteiger charge is -2.43. The van der Waals surface area contributed by atoms with Crippen LogP contribution in [0.5, 0.6) is 0 Å². The van der Waals surface area contributed by atoms with Gasteiger partial charge in [-0.15, -0.1) is 0 Å². The molecule has 29 heavy (non-hydrogen) atoms. The summed E-state index contributed by atoms with van der Waals surface area (Å²) in [5.41, 5.74) is 0. The first-order chi connectivity index (χ1) is 13.8. The standard InChI is InChI=1S/C24H31BrO3Si/c1-24(2,3)29(22-10-6-4-7-11-22,23-12-8-5-9-13-23)28-19-17-21(27)15-14-20(26)16-18-25/h4-13H,14-19H2,1-3H3. The summed E-state index contributed by atoms with van der Waals surface area (Å²) in [5.74, 6) is 0.217. The number of rotatable bonds is 11. The SMILES string of the molecule is CC(C)(C)[Si](OCCC(=O)CCC(=O)CCBr)(c1ccccc1)c1ccccc1. The van der Waals surface area contributed by atoms with Crippen LogP contribution in [0.25, 0.3) is 0 Å². The van der Waals surface area contributed by atoms with E-state index in [1.54, 1.807) is 0 Å². The van der Waals surface area contributed by atoms with E-state index in [1.165, 1.54) is 10.4 Å². The van der Waals surface area contributed by atoms with Crippen LogP contribution < -0.4 is 10.4 Å². The van der Waals surface area contributed by atoms with E-state index in [9.17, 15) is 9.59 Å². The molecule has 156 valence electrons. The van der Waals surface area contributed by atoms with E-state index in [2.05, 4.69) is 85.2 Å². The quantitative estimate of drug-likeness (QED) is 0.351. The van der Waals surface area contributed by atoms with Gasteiger partial charge in [0.2, 0.25) is 0 Å². The summed E-state index contributed by atoms with van der Waals surface area (Å²) in [6.07, 6.45) is 1.44. The van der Waals surface area contributed by atoms with Gasteiger partial charge in [-0.25, -0.2) is 0 Å². The maximum atomic E-state index is 12.3. The molecule has 0 aliphatic rings. The van der Waals surface area contributed by atoms with E-state index < -0.39 is 8.32 Å². The largest absolute Gasteiger partial charge is 0.407 e. The zero-order valence-electron chi connectivity index (χ0n) is 17.6. The molecule has 0 atom stereocenters. The first-order valence-electron chi connectivity index (χ1n) is 10.2. The fourth-order valence-corrected chi connectivity index (χ4v) is 8.72. The second kappa shape index (κ2) is 11.0. The zero-order chi connectivity index (χ0) is 21.3. The summed E-state index contributed by atoms with van der Waals surface area (Å²) >= 11 is 3.26. The Morgan fingerprint density at radius 2 is 1.24 bits per heavy atom. The van der Waals surface area contributed by atoms with Crippen LogP contribution in [0.2, 0.25) is 5.04 Å². The molecule has 0 N–H and O–H groups in total. The van der Waals surface area contributed by atoms with Crippen molar-refractivity contribution in [3.05, 3.63) is 60.7 Å². The smallest absolute Gasteiger partial charge is 0.261 e. The van der Waals surface area contributed by atoms with E-state index in [0.29, 0.717) is 37.6 Å². The molecule has 0 amide bonds. The van der Waals surface area contributed by atoms with Crippen LogP contribution in [-0.2, 0) is 14.0 Å². The molecular formula is C24H31BrO3Si. The van der Waals surface area contributed by atoms with Gasteiger partial charge in [-0.05, 0) is 15.4 Å². The topological polar surface area (TPSA) is 43.4 Å². The van der Waals surface area contributed by atoms with Crippen molar-refractivity contribution < 1.29 is 14.0 Å². The molecule has 0 saturated heterocycles. The van der Waals surface area contributed by atoms with Crippen LogP contribution in [-0.4, -0.2) is 31.8 Å². The highest BCUT2D eigenvalue weighted by Gasteiger charge is 2.50. The number of halogens is 1. The van der Waals surface area contributed by atoms with Crippen molar-refractivity contribution in [1.82, 2.24) is 0 Å². The van der Waals surface area contributed by atoms with Crippen LogP contribution in [0.15, 0.2) is 60.7 Å². The Labute approximate surface area is 184 Å². The van der Waals surface area contributed by atoms with Crippen LogP contribution >= 0.6 is 15.9 Å². The molecule has 2 aromatic rings. The summed E-state index contributed by atoms with van der Waals surface area (Å²) in [7, 11) is -2.60. The summed E-state index contributed by atoms with van der Waals surface area (Å²) in [6.45, 7) is 7.04. The zero-order valence-corrected chi connectivity index (χ0v) is 20.2. The van der Waals surface area contributed by atoms with Crippen LogP contribution in [0.1, 0.15) is 46.5 Å². The lowest BCUT2D eigenvalue weighted by atomic mass is 10.1. The normalized spacial score (nSPS) is 12.0. The lowest BCUT2D eigenvalue weighted by molar-refractivity contribution is -0.124. The van der Waals surface area contributed by atoms with Gasteiger partial charge in [-0.2, -0.15) is 0 Å². The average Bonchev–Trinajstić information content (AvgIpc) is 2.70. The molecule has 0 unspecified atom stereocenters. The van der Waals surface area contributed by atoms with Gasteiger partial charge in [0, 0.05) is 37.6 Å². The Hall–Kier alpha value is -1.56. The number of hydrogen-bond acceptors (Lipinski definition) is 3. The molecule has 0 saturated carbocycles. The number of alkyl halides is 1. The van der Waals surface area contributed by atoms with E-state index >= 15 is 0 Å². The number of Topliss-reactive ketones (excluding diaryl/α,β-unsaturated/α-hetero) is 2. The summed E-state index contributed by atoms with van der Waals surface area (Å²) < 4.78 is 6.72. The molecule has 2 aromatic carbocycles. The van der Waals surface area contributed by atoms with E-state index in [0.717, 1.165) is 0 Å². The maximum absolute atomic E-state index is 12.3. The van der Waals surface area contributed by atoms with Gasteiger partial charge in [0.1, 0.15) is 11.6 Å². The van der Waals surface area contributed by atoms with Crippen molar-refractivity contribution >= 4 is 46.2 Å². The predicted molar refractivity (Wildman–Crippen MR) is 126 cm³/mol. The number of carbonyl (C=O) groups is 2. The van der Waals surface area contributed by atoms with Crippen LogP contribution in [0.3, 0.4) is 0 Å². The molecular weight excluding hydrogens is 444 g/mol. The molecule has 0 fully saturated rings. The Kier molecular flexibility index (Phi) is 8.99. The maximum Gasteiger partial charge on any atom is 0.261 e. The summed E-state index contributed by atoms with van der Waals surface area (Å²) in [5, 5.41) is 2.96. The minimum Gasteiger partial charge on any atom is -0.407 e. The fourth-order valence-electron chi connectivity index (χ4n) is 3.71. The monoisotopic (exact) mass is 474 g/mol. The third-order valence-corrected chi connectivity index (χ3v) is 10.6. The first kappa shape index (κ1) is 23.7. The van der Waals surface area contributed by atoms with E-state index in [-0.39, 0.29) is 16.6 Å². The third-order valence-electron chi connectivity index (χ3n) is 5.17. The number of benzene rings is 2. The highest BCUT2D eigenvalue weighted by Crippen LogP contribution is 2.36. The average molecular weight is 475 g/mol. The number of carbonyl (C=O) groups excluding carboxylic acids is 2. The van der Waals surface area contributed by atoms with Crippen molar-refractivity contribution in [2.24, 2.45) is 0 Å². The summed E-state index contributed by atoms with van der Waals surface area (Å²) in [6, 6.07) is 20.8. The summed E-state index contributed by atoms with van der Waals surface area (Å²) in [4.78, 5) is 24.0. The minimum atomic E-state index is -2.60. The van der Waals surface area contributed by atoms with Gasteiger partial charge in [0.15, 0.2) is 0 Å². The van der Waals surface area contributed by atoms with Gasteiger partial charge < -0.3 is 4.43 Å². The van der Waals surface area contributed by atoms with Gasteiger partial charge >= 0.3 is 0 Å². The van der Waals surface area contributed by atoms with Gasteiger partial charge in [0.25, 0.3) is 8.32 Å². The Balaban J connectivity index is 2.21. The van der Waals surface area contributed by atoms with Gasteiger partial charge in [0.05, 0.1) is 0 Å². The lowest BCUT2D eigenvalue weighted by Crippen LogP contribution is -2.66. The van der Waals surface area contributed by atoms with Crippen molar-refractivity contribution in [3.63, 3.8) is 0 Å². The molecule has 0 radical (unpaired) electrons. The van der Waals surface area contributed by atoms with Gasteiger partial charge in [-0.1, -0.05) is 97.4 Å². The number of hydrogen-bond donors (Lipinski definition) is 0. The molecule has 0 aliphatic carbocycles. The molecule has 3 nitrogen and oxygen atoms in total. The van der Waals surface area contributed by atoms with Crippen molar-refractivity contribution in [2.45, 2.75) is 51.5 Å². The van der Waals surface area contributed by atoms with E-state index in [1.807, 2.05) is 12.1 Å². The molecule has 0 spiro atoms. The third kappa shape index (κ3) is 6.21. The van der Waals surface area contributed by atoms with E-state index in [4.69, 9.17) is 4.43 Å². The van der Waals surface area contributed by atoms with Crippen molar-refractivity contribution in [3.8, 4) is 0 Å². The number of ketones is 2. The second-order valence-corrected chi connectivity index (χ2v) is 13.4. The molecule has 0 aromatic heterocycles. The molecule has 0 aliphatic heterocycles. The Morgan fingerprint density at radius 3 is 1.66 bits per heavy atom. The van der Waals surface area contributed by atoms with Crippen LogP contribution in [0.4, 0.5) is 0 Å². The highest BCUT2D eigenvalue weighted by atomic mass is 79.9. The predicted octanol–water partition coefficient (Wildman–Crippen LogP) is 4.66. The second-order valence-electron chi connectivity index (χ2n) is 8.28. The highest BCUT2D eigenvalue weighted by molar-refractivity contribution is 9.09. The first-order valence-corrected chi connectivity index (χ1v) is 13.2. The fraction of sp³-hybridized carbons (Fsp3) is 0.417. The van der Waals surface area contributed by atoms with Crippen LogP contribution in [0, 0.1) is 0 Å². The molecule has 2 rings (SSSR count). The molecule has 5 heteroatoms. The Morgan fingerprint density at radius 1 is 0.793 bits per heavy atom. The molecule has 0 bridgehead atoms. The molecule has 0 heterocycles. The van der Waals surface area contributed by atoms with Crippen molar-refractivity contribution in [2.75, 3.05) is 11.9 Å². The van der Waals surface area contributed by atoms with Gasteiger partial charge in [-0.3, -0.25) is 9.59 Å². The Bertz CT molecular complexity index is 745. The minimum absolute atomic E-state index is 0.0888.